The van der Waals surface area contributed by atoms with Crippen LogP contribution in [0, 0.1) is 5.82 Å². The van der Waals surface area contributed by atoms with Gasteiger partial charge in [0, 0.05) is 12.7 Å². The molecule has 0 heterocycles. The van der Waals surface area contributed by atoms with Crippen molar-refractivity contribution in [3.05, 3.63) is 30.1 Å². The summed E-state index contributed by atoms with van der Waals surface area (Å²) in [6.45, 7) is 3.63. The van der Waals surface area contributed by atoms with Crippen LogP contribution in [0.4, 0.5) is 10.1 Å². The molecule has 1 unspecified atom stereocenters. The van der Waals surface area contributed by atoms with Crippen molar-refractivity contribution >= 4 is 11.7 Å². The molecule has 0 aromatic heterocycles. The monoisotopic (exact) mass is 239 g/mol. The summed E-state index contributed by atoms with van der Waals surface area (Å²) in [4.78, 5) is 13.1. The summed E-state index contributed by atoms with van der Waals surface area (Å²) in [6.07, 6.45) is 1.31. The largest absolute Gasteiger partial charge is 0.480 e. The standard InChI is InChI=1S/C13H18FNO2/c1-4-9-13(2,12(16)17)15(3)11-7-5-10(14)6-8-11/h5-8H,4,9H2,1-3H3,(H,16,17). The van der Waals surface area contributed by atoms with Crippen LogP contribution < -0.4 is 4.90 Å². The molecule has 0 bridgehead atoms. The summed E-state index contributed by atoms with van der Waals surface area (Å²) < 4.78 is 12.8. The summed E-state index contributed by atoms with van der Waals surface area (Å²) >= 11 is 0. The summed E-state index contributed by atoms with van der Waals surface area (Å²) in [6, 6.07) is 5.85. The quantitative estimate of drug-likeness (QED) is 0.858. The highest BCUT2D eigenvalue weighted by Crippen LogP contribution is 2.26. The molecular formula is C13H18FNO2. The lowest BCUT2D eigenvalue weighted by molar-refractivity contribution is -0.143. The smallest absolute Gasteiger partial charge is 0.329 e. The predicted octanol–water partition coefficient (Wildman–Crippen LogP) is 2.91. The van der Waals surface area contributed by atoms with Crippen LogP contribution >= 0.6 is 0 Å². The number of carboxylic acid groups (broad SMARTS) is 1. The topological polar surface area (TPSA) is 40.5 Å². The molecule has 4 heteroatoms. The third kappa shape index (κ3) is 2.75. The number of halogens is 1. The van der Waals surface area contributed by atoms with E-state index in [1.165, 1.54) is 12.1 Å². The fourth-order valence-electron chi connectivity index (χ4n) is 1.85. The van der Waals surface area contributed by atoms with E-state index < -0.39 is 11.5 Å². The molecule has 94 valence electrons. The fraction of sp³-hybridized carbons (Fsp3) is 0.462. The Kier molecular flexibility index (Phi) is 4.10. The Morgan fingerprint density at radius 3 is 2.35 bits per heavy atom. The lowest BCUT2D eigenvalue weighted by Gasteiger charge is -2.36. The van der Waals surface area contributed by atoms with Gasteiger partial charge >= 0.3 is 5.97 Å². The molecular weight excluding hydrogens is 221 g/mol. The molecule has 0 aliphatic rings. The van der Waals surface area contributed by atoms with Crippen LogP contribution in [0.25, 0.3) is 0 Å². The summed E-state index contributed by atoms with van der Waals surface area (Å²) in [5.74, 6) is -1.19. The number of anilines is 1. The molecule has 3 nitrogen and oxygen atoms in total. The van der Waals surface area contributed by atoms with Crippen molar-refractivity contribution in [1.29, 1.82) is 0 Å². The van der Waals surface area contributed by atoms with Crippen LogP contribution in [0.2, 0.25) is 0 Å². The lowest BCUT2D eigenvalue weighted by atomic mass is 9.94. The molecule has 0 fully saturated rings. The summed E-state index contributed by atoms with van der Waals surface area (Å²) in [5, 5.41) is 9.33. The Hall–Kier alpha value is -1.58. The lowest BCUT2D eigenvalue weighted by Crippen LogP contribution is -2.50. The van der Waals surface area contributed by atoms with Crippen LogP contribution in [-0.2, 0) is 4.79 Å². The van der Waals surface area contributed by atoms with Crippen molar-refractivity contribution in [2.45, 2.75) is 32.2 Å². The van der Waals surface area contributed by atoms with Gasteiger partial charge in [-0.3, -0.25) is 0 Å². The van der Waals surface area contributed by atoms with Crippen LogP contribution in [0.5, 0.6) is 0 Å². The Balaban J connectivity index is 3.03. The van der Waals surface area contributed by atoms with Crippen molar-refractivity contribution in [2.24, 2.45) is 0 Å². The molecule has 0 spiro atoms. The van der Waals surface area contributed by atoms with E-state index in [2.05, 4.69) is 0 Å². The third-order valence-corrected chi connectivity index (χ3v) is 3.15. The van der Waals surface area contributed by atoms with Gasteiger partial charge < -0.3 is 10.0 Å². The van der Waals surface area contributed by atoms with Gasteiger partial charge in [0.05, 0.1) is 0 Å². The molecule has 1 aromatic carbocycles. The maximum atomic E-state index is 12.8. The minimum absolute atomic E-state index is 0.324. The van der Waals surface area contributed by atoms with Crippen LogP contribution in [0.1, 0.15) is 26.7 Å². The van der Waals surface area contributed by atoms with Gasteiger partial charge in [-0.1, -0.05) is 13.3 Å². The Morgan fingerprint density at radius 1 is 1.41 bits per heavy atom. The zero-order valence-corrected chi connectivity index (χ0v) is 10.4. The fourth-order valence-corrected chi connectivity index (χ4v) is 1.85. The number of carbonyl (C=O) groups is 1. The van der Waals surface area contributed by atoms with E-state index in [0.29, 0.717) is 12.1 Å². The van der Waals surface area contributed by atoms with Gasteiger partial charge in [-0.05, 0) is 37.6 Å². The van der Waals surface area contributed by atoms with Gasteiger partial charge in [0.25, 0.3) is 0 Å². The third-order valence-electron chi connectivity index (χ3n) is 3.15. The predicted molar refractivity (Wildman–Crippen MR) is 65.8 cm³/mol. The Morgan fingerprint density at radius 2 is 1.94 bits per heavy atom. The number of likely N-dealkylation sites (N-methyl/N-ethyl adjacent to an activating group) is 1. The first-order chi connectivity index (χ1) is 7.91. The normalized spacial score (nSPS) is 14.1. The molecule has 17 heavy (non-hydrogen) atoms. The first-order valence-corrected chi connectivity index (χ1v) is 5.64. The van der Waals surface area contributed by atoms with Gasteiger partial charge in [0.2, 0.25) is 0 Å². The van der Waals surface area contributed by atoms with Crippen molar-refractivity contribution in [3.63, 3.8) is 0 Å². The van der Waals surface area contributed by atoms with Gasteiger partial charge in [-0.25, -0.2) is 9.18 Å². The second kappa shape index (κ2) is 5.17. The molecule has 0 saturated heterocycles. The molecule has 0 aliphatic carbocycles. The zero-order chi connectivity index (χ0) is 13.1. The summed E-state index contributed by atoms with van der Waals surface area (Å²) in [5.41, 5.74) is -0.267. The van der Waals surface area contributed by atoms with Crippen LogP contribution in [-0.4, -0.2) is 23.7 Å². The Labute approximate surface area is 101 Å². The van der Waals surface area contributed by atoms with Crippen molar-refractivity contribution < 1.29 is 14.3 Å². The minimum Gasteiger partial charge on any atom is -0.480 e. The van der Waals surface area contributed by atoms with Gasteiger partial charge in [-0.2, -0.15) is 0 Å². The average Bonchev–Trinajstić information content (AvgIpc) is 2.29. The van der Waals surface area contributed by atoms with Gasteiger partial charge in [-0.15, -0.1) is 0 Å². The number of hydrogen-bond donors (Lipinski definition) is 1. The van der Waals surface area contributed by atoms with E-state index in [4.69, 9.17) is 0 Å². The SMILES string of the molecule is CCCC(C)(C(=O)O)N(C)c1ccc(F)cc1. The molecule has 0 aliphatic heterocycles. The van der Waals surface area contributed by atoms with Crippen LogP contribution in [0.15, 0.2) is 24.3 Å². The molecule has 1 rings (SSSR count). The van der Waals surface area contributed by atoms with Crippen molar-refractivity contribution in [2.75, 3.05) is 11.9 Å². The van der Waals surface area contributed by atoms with Crippen molar-refractivity contribution in [3.8, 4) is 0 Å². The van der Waals surface area contributed by atoms with E-state index in [0.717, 1.165) is 6.42 Å². The average molecular weight is 239 g/mol. The number of aliphatic carboxylic acids is 1. The number of carboxylic acids is 1. The maximum Gasteiger partial charge on any atom is 0.329 e. The number of hydrogen-bond acceptors (Lipinski definition) is 2. The van der Waals surface area contributed by atoms with E-state index in [9.17, 15) is 14.3 Å². The molecule has 1 aromatic rings. The molecule has 1 atom stereocenters. The highest BCUT2D eigenvalue weighted by molar-refractivity contribution is 5.82. The number of benzene rings is 1. The van der Waals surface area contributed by atoms with E-state index in [1.807, 2.05) is 6.92 Å². The minimum atomic E-state index is -0.966. The summed E-state index contributed by atoms with van der Waals surface area (Å²) in [7, 11) is 1.72. The van der Waals surface area contributed by atoms with Crippen molar-refractivity contribution in [1.82, 2.24) is 0 Å². The van der Waals surface area contributed by atoms with E-state index >= 15 is 0 Å². The highest BCUT2D eigenvalue weighted by Gasteiger charge is 2.36. The molecule has 0 saturated carbocycles. The second-order valence-electron chi connectivity index (χ2n) is 4.36. The first kappa shape index (κ1) is 13.5. The van der Waals surface area contributed by atoms with Gasteiger partial charge in [0.15, 0.2) is 0 Å². The van der Waals surface area contributed by atoms with Gasteiger partial charge in [0.1, 0.15) is 11.4 Å². The maximum absolute atomic E-state index is 12.8. The number of nitrogens with zero attached hydrogens (tertiary/aromatic N) is 1. The second-order valence-corrected chi connectivity index (χ2v) is 4.36. The first-order valence-electron chi connectivity index (χ1n) is 5.64. The van der Waals surface area contributed by atoms with Crippen LogP contribution in [0.3, 0.4) is 0 Å². The van der Waals surface area contributed by atoms with E-state index in [1.54, 1.807) is 31.0 Å². The zero-order valence-electron chi connectivity index (χ0n) is 10.4. The highest BCUT2D eigenvalue weighted by atomic mass is 19.1. The molecule has 0 amide bonds. The number of rotatable bonds is 5. The van der Waals surface area contributed by atoms with E-state index in [-0.39, 0.29) is 5.82 Å². The molecule has 0 radical (unpaired) electrons. The molecule has 1 N–H and O–H groups in total. The Bertz CT molecular complexity index is 391.